The average Bonchev–Trinajstić information content (AvgIpc) is 2.80. The van der Waals surface area contributed by atoms with Crippen LogP contribution in [0, 0.1) is 6.92 Å². The van der Waals surface area contributed by atoms with Gasteiger partial charge in [0.25, 0.3) is 0 Å². The molecule has 2 N–H and O–H groups in total. The monoisotopic (exact) mass is 348 g/mol. The Balaban J connectivity index is 1.73. The zero-order chi connectivity index (χ0) is 15.0. The summed E-state index contributed by atoms with van der Waals surface area (Å²) in [6, 6.07) is 7.68. The number of carbonyl (C=O) groups excluding carboxylic acids is 1. The van der Waals surface area contributed by atoms with E-state index in [1.54, 1.807) is 0 Å². The molecule has 21 heavy (non-hydrogen) atoms. The van der Waals surface area contributed by atoms with Crippen molar-refractivity contribution in [1.82, 2.24) is 14.7 Å². The van der Waals surface area contributed by atoms with Crippen molar-refractivity contribution < 1.29 is 4.79 Å². The summed E-state index contributed by atoms with van der Waals surface area (Å²) in [7, 11) is 0. The molecule has 5 nitrogen and oxygen atoms in total. The molecule has 1 atom stereocenters. The van der Waals surface area contributed by atoms with Crippen molar-refractivity contribution in [2.75, 3.05) is 13.1 Å². The summed E-state index contributed by atoms with van der Waals surface area (Å²) in [6.07, 6.45) is 3.88. The molecule has 1 saturated heterocycles. The lowest BCUT2D eigenvalue weighted by Gasteiger charge is -2.43. The molecule has 1 fully saturated rings. The molecule has 6 heteroatoms. The van der Waals surface area contributed by atoms with Gasteiger partial charge >= 0.3 is 0 Å². The summed E-state index contributed by atoms with van der Waals surface area (Å²) in [6.45, 7) is 3.59. The maximum absolute atomic E-state index is 11.8. The molecule has 0 spiro atoms. The number of amides is 1. The molecule has 110 valence electrons. The van der Waals surface area contributed by atoms with Crippen LogP contribution in [0.3, 0.4) is 0 Å². The SMILES string of the molecule is Cc1cnn(C2CN(C(C(N)=O)c3ccc(Br)cc3)C2)c1. The minimum Gasteiger partial charge on any atom is -0.368 e. The minimum atomic E-state index is -0.369. The van der Waals surface area contributed by atoms with Crippen molar-refractivity contribution >= 4 is 21.8 Å². The fourth-order valence-corrected chi connectivity index (χ4v) is 2.96. The smallest absolute Gasteiger partial charge is 0.239 e. The number of likely N-dealkylation sites (tertiary alicyclic amines) is 1. The number of aromatic nitrogens is 2. The Kier molecular flexibility index (Phi) is 3.82. The molecule has 0 aliphatic carbocycles. The summed E-state index contributed by atoms with van der Waals surface area (Å²) >= 11 is 3.40. The van der Waals surface area contributed by atoms with Crippen molar-refractivity contribution in [2.45, 2.75) is 19.0 Å². The van der Waals surface area contributed by atoms with Crippen LogP contribution in [0.2, 0.25) is 0 Å². The van der Waals surface area contributed by atoms with E-state index in [0.717, 1.165) is 28.7 Å². The molecule has 0 saturated carbocycles. The van der Waals surface area contributed by atoms with Crippen LogP contribution in [0.5, 0.6) is 0 Å². The highest BCUT2D eigenvalue weighted by atomic mass is 79.9. The van der Waals surface area contributed by atoms with E-state index in [-0.39, 0.29) is 11.9 Å². The Hall–Kier alpha value is -1.66. The molecule has 1 aliphatic heterocycles. The van der Waals surface area contributed by atoms with Gasteiger partial charge in [-0.15, -0.1) is 0 Å². The van der Waals surface area contributed by atoms with Crippen molar-refractivity contribution in [3.8, 4) is 0 Å². The predicted molar refractivity (Wildman–Crippen MR) is 83.7 cm³/mol. The Labute approximate surface area is 131 Å². The molecule has 2 aromatic rings. The lowest BCUT2D eigenvalue weighted by molar-refractivity contribution is -0.126. The topological polar surface area (TPSA) is 64.2 Å². The maximum Gasteiger partial charge on any atom is 0.239 e. The van der Waals surface area contributed by atoms with E-state index < -0.39 is 0 Å². The normalized spacial score (nSPS) is 17.4. The first-order valence-corrected chi connectivity index (χ1v) is 7.63. The quantitative estimate of drug-likeness (QED) is 0.919. The molecule has 1 aliphatic rings. The van der Waals surface area contributed by atoms with Gasteiger partial charge < -0.3 is 5.73 Å². The van der Waals surface area contributed by atoms with Gasteiger partial charge in [0.2, 0.25) is 5.91 Å². The largest absolute Gasteiger partial charge is 0.368 e. The fourth-order valence-electron chi connectivity index (χ4n) is 2.70. The highest BCUT2D eigenvalue weighted by Crippen LogP contribution is 2.31. The second-order valence-corrected chi connectivity index (χ2v) is 6.38. The molecule has 1 aromatic carbocycles. The summed E-state index contributed by atoms with van der Waals surface area (Å²) in [5.74, 6) is -0.313. The number of benzene rings is 1. The zero-order valence-electron chi connectivity index (χ0n) is 11.7. The summed E-state index contributed by atoms with van der Waals surface area (Å²) in [5, 5.41) is 4.33. The van der Waals surface area contributed by atoms with Crippen LogP contribution in [0.25, 0.3) is 0 Å². The van der Waals surface area contributed by atoms with Crippen LogP contribution < -0.4 is 5.73 Å². The lowest BCUT2D eigenvalue weighted by Crippen LogP contribution is -2.52. The van der Waals surface area contributed by atoms with Gasteiger partial charge in [-0.3, -0.25) is 14.4 Å². The van der Waals surface area contributed by atoms with Crippen molar-refractivity contribution in [2.24, 2.45) is 5.73 Å². The number of nitrogens with zero attached hydrogens (tertiary/aromatic N) is 3. The number of primary amides is 1. The number of hydrogen-bond acceptors (Lipinski definition) is 3. The van der Waals surface area contributed by atoms with Crippen LogP contribution in [-0.2, 0) is 4.79 Å². The summed E-state index contributed by atoms with van der Waals surface area (Å²) in [4.78, 5) is 13.9. The Morgan fingerprint density at radius 3 is 2.57 bits per heavy atom. The maximum atomic E-state index is 11.8. The van der Waals surface area contributed by atoms with E-state index in [9.17, 15) is 4.79 Å². The first-order valence-electron chi connectivity index (χ1n) is 6.84. The first kappa shape index (κ1) is 14.3. The van der Waals surface area contributed by atoms with Crippen LogP contribution in [0.15, 0.2) is 41.1 Å². The molecule has 1 amide bonds. The first-order chi connectivity index (χ1) is 10.0. The lowest BCUT2D eigenvalue weighted by atomic mass is 9.99. The number of carbonyl (C=O) groups is 1. The fraction of sp³-hybridized carbons (Fsp3) is 0.333. The van der Waals surface area contributed by atoms with Crippen molar-refractivity contribution in [3.05, 3.63) is 52.3 Å². The molecule has 0 bridgehead atoms. The van der Waals surface area contributed by atoms with Crippen LogP contribution in [0.1, 0.15) is 23.2 Å². The second kappa shape index (κ2) is 5.61. The van der Waals surface area contributed by atoms with Gasteiger partial charge in [0, 0.05) is 23.8 Å². The van der Waals surface area contributed by atoms with Crippen molar-refractivity contribution in [3.63, 3.8) is 0 Å². The number of rotatable bonds is 4. The number of nitrogens with two attached hydrogens (primary N) is 1. The third kappa shape index (κ3) is 2.87. The highest BCUT2D eigenvalue weighted by Gasteiger charge is 2.37. The van der Waals surface area contributed by atoms with Gasteiger partial charge in [0.1, 0.15) is 6.04 Å². The third-order valence-electron chi connectivity index (χ3n) is 3.82. The van der Waals surface area contributed by atoms with Gasteiger partial charge in [-0.1, -0.05) is 28.1 Å². The third-order valence-corrected chi connectivity index (χ3v) is 4.34. The minimum absolute atomic E-state index is 0.313. The van der Waals surface area contributed by atoms with Gasteiger partial charge in [-0.05, 0) is 30.2 Å². The predicted octanol–water partition coefficient (Wildman–Crippen LogP) is 2.04. The number of halogens is 1. The van der Waals surface area contributed by atoms with Crippen molar-refractivity contribution in [1.29, 1.82) is 0 Å². The highest BCUT2D eigenvalue weighted by molar-refractivity contribution is 9.10. The van der Waals surface area contributed by atoms with Gasteiger partial charge in [0.05, 0.1) is 12.2 Å². The van der Waals surface area contributed by atoms with E-state index in [1.165, 1.54) is 0 Å². The Morgan fingerprint density at radius 2 is 2.05 bits per heavy atom. The molecular formula is C15H17BrN4O. The van der Waals surface area contributed by atoms with Crippen LogP contribution in [0.4, 0.5) is 0 Å². The molecule has 1 unspecified atom stereocenters. The van der Waals surface area contributed by atoms with E-state index in [4.69, 9.17) is 5.73 Å². The van der Waals surface area contributed by atoms with E-state index in [0.29, 0.717) is 6.04 Å². The molecular weight excluding hydrogens is 332 g/mol. The number of aryl methyl sites for hydroxylation is 1. The van der Waals surface area contributed by atoms with E-state index >= 15 is 0 Å². The van der Waals surface area contributed by atoms with E-state index in [2.05, 4.69) is 25.9 Å². The molecule has 0 radical (unpaired) electrons. The van der Waals surface area contributed by atoms with Crippen LogP contribution in [-0.4, -0.2) is 33.7 Å². The standard InChI is InChI=1S/C15H17BrN4O/c1-10-6-18-20(7-10)13-8-19(9-13)14(15(17)21)11-2-4-12(16)5-3-11/h2-7,13-14H,8-9H2,1H3,(H2,17,21). The van der Waals surface area contributed by atoms with Gasteiger partial charge in [0.15, 0.2) is 0 Å². The second-order valence-electron chi connectivity index (χ2n) is 5.46. The molecule has 2 heterocycles. The molecule has 3 rings (SSSR count). The summed E-state index contributed by atoms with van der Waals surface area (Å²) in [5.41, 5.74) is 7.67. The zero-order valence-corrected chi connectivity index (χ0v) is 13.3. The Bertz CT molecular complexity index is 646. The number of hydrogen-bond donors (Lipinski definition) is 1. The average molecular weight is 349 g/mol. The van der Waals surface area contributed by atoms with E-state index in [1.807, 2.05) is 48.3 Å². The summed E-state index contributed by atoms with van der Waals surface area (Å²) < 4.78 is 2.95. The van der Waals surface area contributed by atoms with Gasteiger partial charge in [-0.25, -0.2) is 0 Å². The Morgan fingerprint density at radius 1 is 1.38 bits per heavy atom. The van der Waals surface area contributed by atoms with Gasteiger partial charge in [-0.2, -0.15) is 5.10 Å². The molecule has 1 aromatic heterocycles. The van der Waals surface area contributed by atoms with Crippen LogP contribution >= 0.6 is 15.9 Å².